The minimum Gasteiger partial charge on any atom is -0.304 e. The van der Waals surface area contributed by atoms with E-state index in [4.69, 9.17) is 0 Å². The first-order valence-corrected chi connectivity index (χ1v) is 7.34. The normalized spacial score (nSPS) is 10.5. The van der Waals surface area contributed by atoms with Crippen molar-refractivity contribution in [3.8, 4) is 0 Å². The van der Waals surface area contributed by atoms with Gasteiger partial charge < -0.3 is 4.79 Å². The molecular weight excluding hydrogens is 176 g/mol. The summed E-state index contributed by atoms with van der Waals surface area (Å²) in [6.07, 6.45) is 6.79. The van der Waals surface area contributed by atoms with Gasteiger partial charge in [-0.05, 0) is 24.2 Å². The summed E-state index contributed by atoms with van der Waals surface area (Å²) in [5.74, 6) is 0. The Hall–Kier alpha value is -0.893. The minimum atomic E-state index is -1.52. The molecule has 0 aliphatic carbocycles. The van der Waals surface area contributed by atoms with Gasteiger partial charge in [-0.3, -0.25) is 0 Å². The van der Waals surface area contributed by atoms with Crippen molar-refractivity contribution in [1.82, 2.24) is 0 Å². The van der Waals surface area contributed by atoms with Crippen LogP contribution in [0.25, 0.3) is 0 Å². The first kappa shape index (κ1) is 12.1. The molecule has 0 aromatic heterocycles. The summed E-state index contributed by atoms with van der Waals surface area (Å²) in [7, 11) is -1.52. The molecular formula is C11H18OSi. The Kier molecular flexibility index (Phi) is 6.15. The van der Waals surface area contributed by atoms with Crippen LogP contribution in [-0.4, -0.2) is 14.4 Å². The summed E-state index contributed by atoms with van der Waals surface area (Å²) in [6.45, 7) is 11.2. The lowest BCUT2D eigenvalue weighted by atomic mass is 10.7. The summed E-state index contributed by atoms with van der Waals surface area (Å²) in [6, 6.07) is 3.62. The molecule has 0 aromatic rings. The highest BCUT2D eigenvalue weighted by atomic mass is 28.3. The molecule has 0 bridgehead atoms. The van der Waals surface area contributed by atoms with Gasteiger partial charge in [0, 0.05) is 0 Å². The van der Waals surface area contributed by atoms with E-state index in [9.17, 15) is 4.79 Å². The average molecular weight is 194 g/mol. The van der Waals surface area contributed by atoms with Crippen LogP contribution in [0, 0.1) is 0 Å². The van der Waals surface area contributed by atoms with Gasteiger partial charge in [0.05, 0.1) is 8.07 Å². The molecule has 0 saturated carbocycles. The molecule has 0 rings (SSSR count). The Balaban J connectivity index is 4.53. The van der Waals surface area contributed by atoms with Gasteiger partial charge in [0.25, 0.3) is 0 Å². The van der Waals surface area contributed by atoms with Gasteiger partial charge in [-0.2, -0.15) is 0 Å². The highest BCUT2D eigenvalue weighted by Crippen LogP contribution is 2.25. The van der Waals surface area contributed by atoms with Crippen molar-refractivity contribution in [2.75, 3.05) is 0 Å². The average Bonchev–Trinajstić information content (AvgIpc) is 2.06. The monoisotopic (exact) mass is 194 g/mol. The van der Waals surface area contributed by atoms with Crippen LogP contribution < -0.4 is 0 Å². The number of aldehydes is 1. The van der Waals surface area contributed by atoms with Crippen molar-refractivity contribution in [3.63, 3.8) is 0 Å². The third kappa shape index (κ3) is 4.04. The van der Waals surface area contributed by atoms with Crippen LogP contribution in [0.3, 0.4) is 0 Å². The van der Waals surface area contributed by atoms with Gasteiger partial charge in [0.15, 0.2) is 0 Å². The van der Waals surface area contributed by atoms with Gasteiger partial charge in [0.1, 0.15) is 6.29 Å². The first-order valence-electron chi connectivity index (χ1n) is 4.51. The second kappa shape index (κ2) is 6.60. The minimum absolute atomic E-state index is 0.692. The topological polar surface area (TPSA) is 17.1 Å². The molecule has 0 fully saturated rings. The molecule has 1 nitrogen and oxygen atoms in total. The Labute approximate surface area is 81.9 Å². The zero-order valence-corrected chi connectivity index (χ0v) is 9.17. The van der Waals surface area contributed by atoms with E-state index in [1.165, 1.54) is 0 Å². The van der Waals surface area contributed by atoms with Crippen LogP contribution in [0.15, 0.2) is 38.0 Å². The quantitative estimate of drug-likeness (QED) is 0.329. The number of hydrogen-bond donors (Lipinski definition) is 0. The molecule has 0 atom stereocenters. The van der Waals surface area contributed by atoms with E-state index < -0.39 is 8.07 Å². The van der Waals surface area contributed by atoms with E-state index in [0.717, 1.165) is 24.4 Å². The third-order valence-electron chi connectivity index (χ3n) is 2.25. The first-order chi connectivity index (χ1) is 6.24. The van der Waals surface area contributed by atoms with Crippen LogP contribution in [0.2, 0.25) is 24.2 Å². The molecule has 72 valence electrons. The molecule has 0 amide bonds. The Morgan fingerprint density at radius 1 is 0.846 bits per heavy atom. The van der Waals surface area contributed by atoms with E-state index in [2.05, 4.69) is 19.7 Å². The summed E-state index contributed by atoms with van der Waals surface area (Å²) in [5, 5.41) is 0. The Bertz CT molecular complexity index is 151. The Morgan fingerprint density at radius 2 is 1.23 bits per heavy atom. The maximum Gasteiger partial charge on any atom is 0.117 e. The van der Waals surface area contributed by atoms with Crippen molar-refractivity contribution in [2.45, 2.75) is 24.2 Å². The highest BCUT2D eigenvalue weighted by molar-refractivity contribution is 6.82. The third-order valence-corrected chi connectivity index (χ3v) is 6.75. The summed E-state index contributed by atoms with van der Waals surface area (Å²) in [4.78, 5) is 10.6. The molecule has 0 N–H and O–H groups in total. The largest absolute Gasteiger partial charge is 0.304 e. The van der Waals surface area contributed by atoms with Crippen LogP contribution in [-0.2, 0) is 4.79 Å². The number of carbonyl (C=O) groups excluding carboxylic acids is 1. The van der Waals surface area contributed by atoms with Crippen LogP contribution in [0.5, 0.6) is 0 Å². The summed E-state index contributed by atoms with van der Waals surface area (Å²) < 4.78 is 0. The predicted octanol–water partition coefficient (Wildman–Crippen LogP) is 3.19. The molecule has 0 aromatic carbocycles. The predicted molar refractivity (Wildman–Crippen MR) is 61.6 cm³/mol. The van der Waals surface area contributed by atoms with E-state index in [1.54, 1.807) is 0 Å². The molecule has 0 unspecified atom stereocenters. The van der Waals surface area contributed by atoms with Crippen LogP contribution in [0.4, 0.5) is 0 Å². The SMILES string of the molecule is C=CC[Si](CC=C)(CC=C)CC=O. The standard InChI is InChI=1S/C11H18OSi/c1-4-8-13(9-5-2,10-6-3)11-7-12/h4-7H,1-3,8-11H2. The number of rotatable bonds is 8. The zero-order chi connectivity index (χ0) is 10.2. The lowest BCUT2D eigenvalue weighted by Crippen LogP contribution is -2.32. The second-order valence-electron chi connectivity index (χ2n) is 3.35. The smallest absolute Gasteiger partial charge is 0.117 e. The summed E-state index contributed by atoms with van der Waals surface area (Å²) >= 11 is 0. The number of carbonyl (C=O) groups is 1. The van der Waals surface area contributed by atoms with Crippen LogP contribution >= 0.6 is 0 Å². The van der Waals surface area contributed by atoms with Crippen molar-refractivity contribution in [1.29, 1.82) is 0 Å². The maximum absolute atomic E-state index is 10.6. The molecule has 0 saturated heterocycles. The van der Waals surface area contributed by atoms with Crippen molar-refractivity contribution >= 4 is 14.4 Å². The van der Waals surface area contributed by atoms with Gasteiger partial charge in [-0.1, -0.05) is 18.2 Å². The number of allylic oxidation sites excluding steroid dienone is 3. The fourth-order valence-electron chi connectivity index (χ4n) is 1.60. The van der Waals surface area contributed by atoms with Crippen molar-refractivity contribution in [2.24, 2.45) is 0 Å². The zero-order valence-electron chi connectivity index (χ0n) is 8.17. The molecule has 2 heteroatoms. The van der Waals surface area contributed by atoms with Crippen LogP contribution in [0.1, 0.15) is 0 Å². The van der Waals surface area contributed by atoms with Crippen molar-refractivity contribution < 1.29 is 4.79 Å². The lowest BCUT2D eigenvalue weighted by Gasteiger charge is -2.25. The van der Waals surface area contributed by atoms with E-state index in [-0.39, 0.29) is 0 Å². The van der Waals surface area contributed by atoms with Gasteiger partial charge in [-0.25, -0.2) is 0 Å². The second-order valence-corrected chi connectivity index (χ2v) is 7.98. The molecule has 0 radical (unpaired) electrons. The molecule has 0 spiro atoms. The fraction of sp³-hybridized carbons (Fsp3) is 0.364. The van der Waals surface area contributed by atoms with E-state index >= 15 is 0 Å². The fourth-order valence-corrected chi connectivity index (χ4v) is 4.79. The number of hydrogen-bond acceptors (Lipinski definition) is 1. The maximum atomic E-state index is 10.6. The molecule has 0 aliphatic heterocycles. The van der Waals surface area contributed by atoms with Crippen molar-refractivity contribution in [3.05, 3.63) is 38.0 Å². The van der Waals surface area contributed by atoms with Gasteiger partial charge in [-0.15, -0.1) is 19.7 Å². The molecule has 0 aliphatic rings. The van der Waals surface area contributed by atoms with Gasteiger partial charge >= 0.3 is 0 Å². The summed E-state index contributed by atoms with van der Waals surface area (Å²) in [5.41, 5.74) is 0. The van der Waals surface area contributed by atoms with E-state index in [1.807, 2.05) is 18.2 Å². The highest BCUT2D eigenvalue weighted by Gasteiger charge is 2.27. The van der Waals surface area contributed by atoms with Gasteiger partial charge in [0.2, 0.25) is 0 Å². The lowest BCUT2D eigenvalue weighted by molar-refractivity contribution is -0.106. The van der Waals surface area contributed by atoms with E-state index in [0.29, 0.717) is 6.04 Å². The molecule has 0 heterocycles. The Morgan fingerprint density at radius 3 is 1.46 bits per heavy atom. The molecule has 13 heavy (non-hydrogen) atoms.